The Morgan fingerprint density at radius 3 is 1.57 bits per heavy atom. The van der Waals surface area contributed by atoms with Crippen LogP contribution in [0.1, 0.15) is 33.8 Å². The van der Waals surface area contributed by atoms with Gasteiger partial charge >= 0.3 is 11.9 Å². The van der Waals surface area contributed by atoms with Crippen LogP contribution in [-0.4, -0.2) is 22.2 Å². The number of hydrogen-bond donors (Lipinski definition) is 2. The Morgan fingerprint density at radius 1 is 0.857 bits per heavy atom. The molecule has 0 aliphatic heterocycles. The quantitative estimate of drug-likeness (QED) is 0.866. The fraction of sp³-hybridized carbons (Fsp3) is 0.125. The van der Waals surface area contributed by atoms with Crippen molar-refractivity contribution in [3.8, 4) is 0 Å². The van der Waals surface area contributed by atoms with Gasteiger partial charge in [0.15, 0.2) is 0 Å². The Morgan fingerprint density at radius 2 is 1.33 bits per heavy atom. The Labute approximate surface area is 122 Å². The van der Waals surface area contributed by atoms with E-state index in [-0.39, 0.29) is 5.56 Å². The molecule has 21 heavy (non-hydrogen) atoms. The number of hydrogen-bond acceptors (Lipinski definition) is 3. The molecular formula is C16H16O5. The van der Waals surface area contributed by atoms with Gasteiger partial charge in [-0.05, 0) is 18.9 Å². The van der Waals surface area contributed by atoms with Crippen LogP contribution in [0.15, 0.2) is 65.4 Å². The molecule has 5 heteroatoms. The summed E-state index contributed by atoms with van der Waals surface area (Å²) in [5.41, 5.74) is -0.336. The maximum atomic E-state index is 10.3. The van der Waals surface area contributed by atoms with Crippen LogP contribution in [0.2, 0.25) is 0 Å². The Balaban J connectivity index is 0.000000181. The summed E-state index contributed by atoms with van der Waals surface area (Å²) in [5, 5.41) is 16.7. The van der Waals surface area contributed by atoms with Gasteiger partial charge in [0.25, 0.3) is 0 Å². The van der Waals surface area contributed by atoms with Crippen LogP contribution in [0.4, 0.5) is 0 Å². The minimum atomic E-state index is -1.38. The molecule has 2 aliphatic carbocycles. The van der Waals surface area contributed by atoms with Crippen molar-refractivity contribution in [1.82, 2.24) is 0 Å². The molecular weight excluding hydrogens is 272 g/mol. The third-order valence-electron chi connectivity index (χ3n) is 2.40. The largest absolute Gasteiger partial charge is 0.478 e. The van der Waals surface area contributed by atoms with Gasteiger partial charge in [-0.3, -0.25) is 0 Å². The SMILES string of the molecule is C1=CCC=C1.C1=CCC=C1.O=C(O)c1ccoc1C(=O)O. The van der Waals surface area contributed by atoms with E-state index >= 15 is 0 Å². The van der Waals surface area contributed by atoms with Crippen molar-refractivity contribution in [3.05, 3.63) is 72.3 Å². The van der Waals surface area contributed by atoms with Crippen LogP contribution in [0.3, 0.4) is 0 Å². The van der Waals surface area contributed by atoms with Gasteiger partial charge in [-0.15, -0.1) is 0 Å². The summed E-state index contributed by atoms with van der Waals surface area (Å²) in [6.07, 6.45) is 20.0. The van der Waals surface area contributed by atoms with Crippen LogP contribution in [0, 0.1) is 0 Å². The van der Waals surface area contributed by atoms with Gasteiger partial charge in [-0.25, -0.2) is 9.59 Å². The highest BCUT2D eigenvalue weighted by atomic mass is 16.4. The highest BCUT2D eigenvalue weighted by Crippen LogP contribution is 2.09. The van der Waals surface area contributed by atoms with Gasteiger partial charge < -0.3 is 14.6 Å². The van der Waals surface area contributed by atoms with E-state index in [9.17, 15) is 9.59 Å². The lowest BCUT2D eigenvalue weighted by Crippen LogP contribution is -2.03. The molecule has 1 aromatic heterocycles. The van der Waals surface area contributed by atoms with E-state index < -0.39 is 17.7 Å². The van der Waals surface area contributed by atoms with Crippen LogP contribution in [-0.2, 0) is 0 Å². The third-order valence-corrected chi connectivity index (χ3v) is 2.40. The molecule has 0 fully saturated rings. The van der Waals surface area contributed by atoms with Gasteiger partial charge in [0, 0.05) is 0 Å². The van der Waals surface area contributed by atoms with Gasteiger partial charge in [0.1, 0.15) is 5.56 Å². The highest BCUT2D eigenvalue weighted by Gasteiger charge is 2.18. The molecule has 2 N–H and O–H groups in total. The number of carboxylic acids is 2. The standard InChI is InChI=1S/C6H4O5.2C5H6/c7-5(8)3-1-2-11-4(3)6(9)10;2*1-2-4-5-3-1/h1-2H,(H,7,8)(H,9,10);2*1-4H,5H2. The van der Waals surface area contributed by atoms with E-state index in [1.54, 1.807) is 0 Å². The van der Waals surface area contributed by atoms with E-state index in [0.29, 0.717) is 0 Å². The average Bonchev–Trinajstić information content (AvgIpc) is 3.22. The second-order valence-corrected chi connectivity index (χ2v) is 3.96. The summed E-state index contributed by atoms with van der Waals surface area (Å²) in [6, 6.07) is 1.09. The zero-order valence-corrected chi connectivity index (χ0v) is 11.3. The monoisotopic (exact) mass is 288 g/mol. The highest BCUT2D eigenvalue weighted by molar-refractivity contribution is 5.99. The molecule has 0 unspecified atom stereocenters. The molecule has 0 bridgehead atoms. The maximum absolute atomic E-state index is 10.3. The van der Waals surface area contributed by atoms with Gasteiger partial charge in [0.2, 0.25) is 5.76 Å². The molecule has 0 aromatic carbocycles. The Hall–Kier alpha value is -2.82. The first kappa shape index (κ1) is 16.2. The summed E-state index contributed by atoms with van der Waals surface area (Å²) >= 11 is 0. The first-order valence-corrected chi connectivity index (χ1v) is 6.30. The predicted octanol–water partition coefficient (Wildman–Crippen LogP) is 3.68. The zero-order chi connectivity index (χ0) is 15.5. The molecule has 0 saturated heterocycles. The molecule has 1 heterocycles. The van der Waals surface area contributed by atoms with Gasteiger partial charge in [0.05, 0.1) is 6.26 Å². The van der Waals surface area contributed by atoms with Crippen molar-refractivity contribution < 1.29 is 24.2 Å². The number of carboxylic acid groups (broad SMARTS) is 2. The summed E-state index contributed by atoms with van der Waals surface area (Å²) in [7, 11) is 0. The zero-order valence-electron chi connectivity index (χ0n) is 11.3. The number of carbonyl (C=O) groups is 2. The summed E-state index contributed by atoms with van der Waals surface area (Å²) in [6.45, 7) is 0. The van der Waals surface area contributed by atoms with Crippen molar-refractivity contribution in [1.29, 1.82) is 0 Å². The fourth-order valence-electron chi connectivity index (χ4n) is 1.43. The maximum Gasteiger partial charge on any atom is 0.372 e. The van der Waals surface area contributed by atoms with Gasteiger partial charge in [-0.2, -0.15) is 0 Å². The van der Waals surface area contributed by atoms with E-state index in [1.807, 2.05) is 0 Å². The number of furan rings is 1. The molecule has 0 atom stereocenters. The Kier molecular flexibility index (Phi) is 7.07. The van der Waals surface area contributed by atoms with Crippen molar-refractivity contribution in [2.75, 3.05) is 0 Å². The molecule has 0 spiro atoms. The average molecular weight is 288 g/mol. The minimum absolute atomic E-state index is 0.336. The van der Waals surface area contributed by atoms with Crippen LogP contribution < -0.4 is 0 Å². The molecule has 0 amide bonds. The van der Waals surface area contributed by atoms with E-state index in [4.69, 9.17) is 10.2 Å². The van der Waals surface area contributed by atoms with Crippen molar-refractivity contribution in [2.45, 2.75) is 12.8 Å². The minimum Gasteiger partial charge on any atom is -0.478 e. The van der Waals surface area contributed by atoms with E-state index in [1.165, 1.54) is 0 Å². The fourth-order valence-corrected chi connectivity index (χ4v) is 1.43. The molecule has 3 rings (SSSR count). The molecule has 0 radical (unpaired) electrons. The van der Waals surface area contributed by atoms with E-state index in [0.717, 1.165) is 25.2 Å². The normalized spacial score (nSPS) is 13.3. The second-order valence-electron chi connectivity index (χ2n) is 3.96. The molecule has 110 valence electrons. The first-order chi connectivity index (χ1) is 10.1. The summed E-state index contributed by atoms with van der Waals surface area (Å²) < 4.78 is 4.41. The lowest BCUT2D eigenvalue weighted by Gasteiger charge is -1.88. The van der Waals surface area contributed by atoms with Crippen LogP contribution in [0.25, 0.3) is 0 Å². The predicted molar refractivity (Wildman–Crippen MR) is 78.4 cm³/mol. The van der Waals surface area contributed by atoms with Crippen LogP contribution in [0.5, 0.6) is 0 Å². The van der Waals surface area contributed by atoms with Crippen LogP contribution >= 0.6 is 0 Å². The van der Waals surface area contributed by atoms with Crippen molar-refractivity contribution in [3.63, 3.8) is 0 Å². The molecule has 2 aliphatic rings. The molecule has 1 aromatic rings. The number of rotatable bonds is 2. The van der Waals surface area contributed by atoms with E-state index in [2.05, 4.69) is 53.0 Å². The Bertz CT molecular complexity index is 517. The summed E-state index contributed by atoms with van der Waals surface area (Å²) in [5.74, 6) is -3.24. The smallest absolute Gasteiger partial charge is 0.372 e. The first-order valence-electron chi connectivity index (χ1n) is 6.30. The topological polar surface area (TPSA) is 87.7 Å². The van der Waals surface area contributed by atoms with Crippen molar-refractivity contribution >= 4 is 11.9 Å². The van der Waals surface area contributed by atoms with Crippen molar-refractivity contribution in [2.24, 2.45) is 0 Å². The molecule has 5 nitrogen and oxygen atoms in total. The number of aromatic carboxylic acids is 2. The molecule has 0 saturated carbocycles. The second kappa shape index (κ2) is 9.14. The summed E-state index contributed by atoms with van der Waals surface area (Å²) in [4.78, 5) is 20.5. The third kappa shape index (κ3) is 6.24. The lowest BCUT2D eigenvalue weighted by molar-refractivity contribution is 0.0626. The lowest BCUT2D eigenvalue weighted by atomic mass is 10.2. The number of allylic oxidation sites excluding steroid dienone is 8. The van der Waals surface area contributed by atoms with Gasteiger partial charge in [-0.1, -0.05) is 48.6 Å².